The van der Waals surface area contributed by atoms with Gasteiger partial charge in [-0.2, -0.15) is 0 Å². The van der Waals surface area contributed by atoms with Crippen molar-refractivity contribution in [2.45, 2.75) is 12.8 Å². The Morgan fingerprint density at radius 2 is 1.94 bits per heavy atom. The fourth-order valence-electron chi connectivity index (χ4n) is 3.01. The maximum absolute atomic E-state index is 5.83. The number of benzene rings is 1. The van der Waals surface area contributed by atoms with Crippen LogP contribution < -0.4 is 5.73 Å². The van der Waals surface area contributed by atoms with Crippen LogP contribution >= 0.6 is 0 Å². The predicted octanol–water partition coefficient (Wildman–Crippen LogP) is 1.32. The molecule has 1 aromatic carbocycles. The Balaban J connectivity index is 1.61. The third-order valence-electron chi connectivity index (χ3n) is 3.87. The van der Waals surface area contributed by atoms with E-state index in [1.54, 1.807) is 0 Å². The van der Waals surface area contributed by atoms with Gasteiger partial charge in [-0.1, -0.05) is 6.07 Å². The molecule has 92 valence electrons. The Labute approximate surface area is 103 Å². The molecule has 0 spiro atoms. The highest BCUT2D eigenvalue weighted by atomic mass is 16.5. The molecular formula is C14H20N2O. The minimum absolute atomic E-state index is 0.768. The molecule has 1 heterocycles. The summed E-state index contributed by atoms with van der Waals surface area (Å²) in [5, 5.41) is 0. The van der Waals surface area contributed by atoms with Crippen molar-refractivity contribution in [2.75, 3.05) is 38.6 Å². The summed E-state index contributed by atoms with van der Waals surface area (Å²) in [5.74, 6) is 0.768. The molecular weight excluding hydrogens is 212 g/mol. The molecule has 1 aliphatic heterocycles. The van der Waals surface area contributed by atoms with E-state index in [0.717, 1.165) is 37.9 Å². The summed E-state index contributed by atoms with van der Waals surface area (Å²) < 4.78 is 5.38. The normalized spacial score (nSPS) is 24.8. The van der Waals surface area contributed by atoms with Crippen LogP contribution in [0.15, 0.2) is 18.2 Å². The topological polar surface area (TPSA) is 38.5 Å². The SMILES string of the molecule is Nc1ccc2c(c1)CC(CN1CCOCC1)C2. The maximum atomic E-state index is 5.83. The molecule has 0 saturated carbocycles. The summed E-state index contributed by atoms with van der Waals surface area (Å²) in [4.78, 5) is 2.53. The molecule has 0 aromatic heterocycles. The fourth-order valence-corrected chi connectivity index (χ4v) is 3.01. The summed E-state index contributed by atoms with van der Waals surface area (Å²) in [6.07, 6.45) is 2.41. The first-order valence-corrected chi connectivity index (χ1v) is 6.48. The standard InChI is InChI=1S/C14H20N2O/c15-14-2-1-12-7-11(8-13(12)9-14)10-16-3-5-17-6-4-16/h1-2,9,11H,3-8,10,15H2. The van der Waals surface area contributed by atoms with Crippen molar-refractivity contribution >= 4 is 5.69 Å². The van der Waals surface area contributed by atoms with Gasteiger partial charge in [-0.25, -0.2) is 0 Å². The Kier molecular flexibility index (Phi) is 3.04. The van der Waals surface area contributed by atoms with Crippen LogP contribution in [0.1, 0.15) is 11.1 Å². The minimum Gasteiger partial charge on any atom is -0.399 e. The van der Waals surface area contributed by atoms with Gasteiger partial charge >= 0.3 is 0 Å². The van der Waals surface area contributed by atoms with Gasteiger partial charge in [0.15, 0.2) is 0 Å². The van der Waals surface area contributed by atoms with E-state index < -0.39 is 0 Å². The van der Waals surface area contributed by atoms with Gasteiger partial charge in [-0.3, -0.25) is 4.90 Å². The van der Waals surface area contributed by atoms with Crippen LogP contribution in [0.4, 0.5) is 5.69 Å². The number of nitrogens with zero attached hydrogens (tertiary/aromatic N) is 1. The molecule has 1 saturated heterocycles. The zero-order valence-electron chi connectivity index (χ0n) is 10.2. The number of hydrogen-bond donors (Lipinski definition) is 1. The number of nitrogen functional groups attached to an aromatic ring is 1. The lowest BCUT2D eigenvalue weighted by Gasteiger charge is -2.28. The number of hydrogen-bond acceptors (Lipinski definition) is 3. The molecule has 3 heteroatoms. The molecule has 1 aliphatic carbocycles. The Morgan fingerprint density at radius 1 is 1.18 bits per heavy atom. The second-order valence-corrected chi connectivity index (χ2v) is 5.22. The lowest BCUT2D eigenvalue weighted by atomic mass is 10.1. The summed E-state index contributed by atoms with van der Waals surface area (Å²) in [5.41, 5.74) is 9.69. The number of rotatable bonds is 2. The van der Waals surface area contributed by atoms with Gasteiger partial charge in [0, 0.05) is 25.3 Å². The van der Waals surface area contributed by atoms with Crippen molar-refractivity contribution < 1.29 is 4.74 Å². The van der Waals surface area contributed by atoms with Crippen LogP contribution in [0.3, 0.4) is 0 Å². The van der Waals surface area contributed by atoms with Crippen molar-refractivity contribution in [1.82, 2.24) is 4.90 Å². The molecule has 0 amide bonds. The molecule has 1 atom stereocenters. The number of anilines is 1. The van der Waals surface area contributed by atoms with Crippen LogP contribution in [0.25, 0.3) is 0 Å². The largest absolute Gasteiger partial charge is 0.399 e. The van der Waals surface area contributed by atoms with Gasteiger partial charge in [0.05, 0.1) is 13.2 Å². The first-order chi connectivity index (χ1) is 8.31. The van der Waals surface area contributed by atoms with Gasteiger partial charge < -0.3 is 10.5 Å². The van der Waals surface area contributed by atoms with Crippen molar-refractivity contribution in [3.8, 4) is 0 Å². The molecule has 0 bridgehead atoms. The molecule has 0 radical (unpaired) electrons. The van der Waals surface area contributed by atoms with Crippen LogP contribution in [0.2, 0.25) is 0 Å². The lowest BCUT2D eigenvalue weighted by molar-refractivity contribution is 0.0313. The highest BCUT2D eigenvalue weighted by molar-refractivity contribution is 5.46. The molecule has 1 fully saturated rings. The van der Waals surface area contributed by atoms with Gasteiger partial charge in [0.2, 0.25) is 0 Å². The zero-order chi connectivity index (χ0) is 11.7. The van der Waals surface area contributed by atoms with E-state index in [2.05, 4.69) is 17.0 Å². The van der Waals surface area contributed by atoms with Gasteiger partial charge in [0.1, 0.15) is 0 Å². The van der Waals surface area contributed by atoms with Gasteiger partial charge in [-0.05, 0) is 42.0 Å². The molecule has 3 nitrogen and oxygen atoms in total. The van der Waals surface area contributed by atoms with E-state index in [9.17, 15) is 0 Å². The molecule has 2 N–H and O–H groups in total. The van der Waals surface area contributed by atoms with E-state index in [1.165, 1.54) is 30.5 Å². The third kappa shape index (κ3) is 2.45. The molecule has 17 heavy (non-hydrogen) atoms. The first kappa shape index (κ1) is 11.1. The number of ether oxygens (including phenoxy) is 1. The summed E-state index contributed by atoms with van der Waals surface area (Å²) in [6.45, 7) is 5.18. The van der Waals surface area contributed by atoms with E-state index >= 15 is 0 Å². The number of nitrogens with two attached hydrogens (primary N) is 1. The molecule has 1 aromatic rings. The van der Waals surface area contributed by atoms with Crippen LogP contribution in [-0.4, -0.2) is 37.7 Å². The smallest absolute Gasteiger partial charge is 0.0594 e. The quantitative estimate of drug-likeness (QED) is 0.782. The first-order valence-electron chi connectivity index (χ1n) is 6.48. The zero-order valence-corrected chi connectivity index (χ0v) is 10.2. The third-order valence-corrected chi connectivity index (χ3v) is 3.87. The summed E-state index contributed by atoms with van der Waals surface area (Å²) >= 11 is 0. The van der Waals surface area contributed by atoms with Crippen molar-refractivity contribution in [3.05, 3.63) is 29.3 Å². The highest BCUT2D eigenvalue weighted by Crippen LogP contribution is 2.28. The second kappa shape index (κ2) is 4.67. The fraction of sp³-hybridized carbons (Fsp3) is 0.571. The van der Waals surface area contributed by atoms with E-state index in [1.807, 2.05) is 6.07 Å². The maximum Gasteiger partial charge on any atom is 0.0594 e. The summed E-state index contributed by atoms with van der Waals surface area (Å²) in [7, 11) is 0. The van der Waals surface area contributed by atoms with Crippen LogP contribution in [0, 0.1) is 5.92 Å². The second-order valence-electron chi connectivity index (χ2n) is 5.22. The average Bonchev–Trinajstić information content (AvgIpc) is 2.71. The van der Waals surface area contributed by atoms with E-state index in [4.69, 9.17) is 10.5 Å². The van der Waals surface area contributed by atoms with E-state index in [0.29, 0.717) is 0 Å². The molecule has 3 rings (SSSR count). The molecule has 2 aliphatic rings. The van der Waals surface area contributed by atoms with Crippen molar-refractivity contribution in [1.29, 1.82) is 0 Å². The number of morpholine rings is 1. The molecule has 1 unspecified atom stereocenters. The minimum atomic E-state index is 0.768. The number of fused-ring (bicyclic) bond motifs is 1. The average molecular weight is 232 g/mol. The van der Waals surface area contributed by atoms with Crippen LogP contribution in [-0.2, 0) is 17.6 Å². The van der Waals surface area contributed by atoms with Gasteiger partial charge in [0.25, 0.3) is 0 Å². The Bertz CT molecular complexity index is 399. The summed E-state index contributed by atoms with van der Waals surface area (Å²) in [6, 6.07) is 6.37. The van der Waals surface area contributed by atoms with Crippen molar-refractivity contribution in [3.63, 3.8) is 0 Å². The predicted molar refractivity (Wildman–Crippen MR) is 69.0 cm³/mol. The van der Waals surface area contributed by atoms with Crippen LogP contribution in [0.5, 0.6) is 0 Å². The lowest BCUT2D eigenvalue weighted by Crippen LogP contribution is -2.39. The Morgan fingerprint density at radius 3 is 2.76 bits per heavy atom. The Hall–Kier alpha value is -1.06. The van der Waals surface area contributed by atoms with Gasteiger partial charge in [-0.15, -0.1) is 0 Å². The van der Waals surface area contributed by atoms with E-state index in [-0.39, 0.29) is 0 Å². The van der Waals surface area contributed by atoms with Crippen molar-refractivity contribution in [2.24, 2.45) is 5.92 Å². The monoisotopic (exact) mass is 232 g/mol. The highest BCUT2D eigenvalue weighted by Gasteiger charge is 2.24.